The molecule has 112 valence electrons. The number of carboxylic acids is 1. The molecule has 0 bridgehead atoms. The Balaban J connectivity index is 2.92. The lowest BCUT2D eigenvalue weighted by atomic mass is 9.89. The third kappa shape index (κ3) is 3.62. The molecule has 0 fully saturated rings. The highest BCUT2D eigenvalue weighted by Crippen LogP contribution is 2.22. The highest BCUT2D eigenvalue weighted by molar-refractivity contribution is 5.92. The molecule has 0 radical (unpaired) electrons. The van der Waals surface area contributed by atoms with Gasteiger partial charge in [-0.3, -0.25) is 9.59 Å². The number of carboxylic acid groups (broad SMARTS) is 1. The van der Waals surface area contributed by atoms with Gasteiger partial charge in [-0.15, -0.1) is 0 Å². The molecule has 1 aromatic rings. The number of rotatable bonds is 7. The number of nitrogens with one attached hydrogen (secondary N) is 1. The number of hydrogen-bond acceptors (Lipinski definition) is 3. The van der Waals surface area contributed by atoms with Gasteiger partial charge >= 0.3 is 5.97 Å². The first-order valence-electron chi connectivity index (χ1n) is 7.01. The van der Waals surface area contributed by atoms with Gasteiger partial charge in [-0.2, -0.15) is 0 Å². The summed E-state index contributed by atoms with van der Waals surface area (Å²) in [6.07, 6.45) is 1.75. The maximum absolute atomic E-state index is 12.2. The molecule has 0 unspecified atom stereocenters. The van der Waals surface area contributed by atoms with Gasteiger partial charge in [0.25, 0.3) is 5.91 Å². The van der Waals surface area contributed by atoms with Crippen molar-refractivity contribution in [1.29, 1.82) is 0 Å². The summed E-state index contributed by atoms with van der Waals surface area (Å²) in [6.45, 7) is 7.60. The molecule has 0 aromatic carbocycles. The minimum atomic E-state index is -0.918. The SMILES string of the molecule is CCc1oc(C(=O)NC(CC)(CC)CC(=O)O)cc1C. The second-order valence-corrected chi connectivity index (χ2v) is 5.08. The van der Waals surface area contributed by atoms with Crippen LogP contribution in [0, 0.1) is 6.92 Å². The Bertz CT molecular complexity index is 486. The summed E-state index contributed by atoms with van der Waals surface area (Å²) < 4.78 is 5.51. The quantitative estimate of drug-likeness (QED) is 0.805. The highest BCUT2D eigenvalue weighted by Gasteiger charge is 2.32. The zero-order chi connectivity index (χ0) is 15.3. The van der Waals surface area contributed by atoms with Gasteiger partial charge in [-0.25, -0.2) is 0 Å². The largest absolute Gasteiger partial charge is 0.481 e. The fraction of sp³-hybridized carbons (Fsp3) is 0.600. The fourth-order valence-corrected chi connectivity index (χ4v) is 2.30. The summed E-state index contributed by atoms with van der Waals surface area (Å²) in [5.74, 6) is -0.236. The van der Waals surface area contributed by atoms with Crippen LogP contribution in [0.3, 0.4) is 0 Å². The summed E-state index contributed by atoms with van der Waals surface area (Å²) in [5, 5.41) is 11.8. The maximum Gasteiger partial charge on any atom is 0.305 e. The van der Waals surface area contributed by atoms with Crippen molar-refractivity contribution in [3.05, 3.63) is 23.2 Å². The van der Waals surface area contributed by atoms with E-state index in [0.717, 1.165) is 17.7 Å². The number of carbonyl (C=O) groups is 2. The van der Waals surface area contributed by atoms with Gasteiger partial charge in [-0.05, 0) is 31.4 Å². The van der Waals surface area contributed by atoms with Crippen LogP contribution in [0.1, 0.15) is 61.9 Å². The maximum atomic E-state index is 12.2. The van der Waals surface area contributed by atoms with E-state index in [4.69, 9.17) is 9.52 Å². The topological polar surface area (TPSA) is 79.5 Å². The summed E-state index contributed by atoms with van der Waals surface area (Å²) in [4.78, 5) is 23.2. The van der Waals surface area contributed by atoms with Crippen LogP contribution in [-0.2, 0) is 11.2 Å². The molecule has 20 heavy (non-hydrogen) atoms. The van der Waals surface area contributed by atoms with Crippen molar-refractivity contribution in [2.75, 3.05) is 0 Å². The average molecular weight is 281 g/mol. The predicted molar refractivity (Wildman–Crippen MR) is 75.9 cm³/mol. The van der Waals surface area contributed by atoms with Gasteiger partial charge in [0.05, 0.1) is 12.0 Å². The smallest absolute Gasteiger partial charge is 0.305 e. The van der Waals surface area contributed by atoms with Gasteiger partial charge in [0.15, 0.2) is 5.76 Å². The van der Waals surface area contributed by atoms with Crippen molar-refractivity contribution >= 4 is 11.9 Å². The molecule has 0 aliphatic heterocycles. The zero-order valence-corrected chi connectivity index (χ0v) is 12.6. The summed E-state index contributed by atoms with van der Waals surface area (Å²) in [6, 6.07) is 1.70. The monoisotopic (exact) mass is 281 g/mol. The number of furan rings is 1. The van der Waals surface area contributed by atoms with Crippen molar-refractivity contribution in [2.45, 2.75) is 58.9 Å². The molecular formula is C15H23NO4. The van der Waals surface area contributed by atoms with Crippen LogP contribution in [-0.4, -0.2) is 22.5 Å². The molecule has 0 atom stereocenters. The Morgan fingerprint density at radius 1 is 1.30 bits per heavy atom. The van der Waals surface area contributed by atoms with E-state index in [9.17, 15) is 9.59 Å². The van der Waals surface area contributed by atoms with Crippen LogP contribution >= 0.6 is 0 Å². The van der Waals surface area contributed by atoms with E-state index >= 15 is 0 Å². The van der Waals surface area contributed by atoms with E-state index in [-0.39, 0.29) is 18.1 Å². The number of hydrogen-bond donors (Lipinski definition) is 2. The van der Waals surface area contributed by atoms with E-state index in [1.165, 1.54) is 0 Å². The zero-order valence-electron chi connectivity index (χ0n) is 12.6. The number of amides is 1. The van der Waals surface area contributed by atoms with Gasteiger partial charge < -0.3 is 14.8 Å². The summed E-state index contributed by atoms with van der Waals surface area (Å²) >= 11 is 0. The minimum Gasteiger partial charge on any atom is -0.481 e. The lowest BCUT2D eigenvalue weighted by Crippen LogP contribution is -2.49. The second kappa shape index (κ2) is 6.59. The van der Waals surface area contributed by atoms with Crippen LogP contribution in [0.4, 0.5) is 0 Å². The first-order chi connectivity index (χ1) is 9.37. The predicted octanol–water partition coefficient (Wildman–Crippen LogP) is 2.91. The Morgan fingerprint density at radius 3 is 2.30 bits per heavy atom. The van der Waals surface area contributed by atoms with E-state index in [1.807, 2.05) is 27.7 Å². The second-order valence-electron chi connectivity index (χ2n) is 5.08. The van der Waals surface area contributed by atoms with Crippen LogP contribution in [0.2, 0.25) is 0 Å². The molecule has 2 N–H and O–H groups in total. The van der Waals surface area contributed by atoms with Crippen LogP contribution < -0.4 is 5.32 Å². The van der Waals surface area contributed by atoms with Gasteiger partial charge in [0.1, 0.15) is 5.76 Å². The Labute approximate surface area is 119 Å². The third-order valence-electron chi connectivity index (χ3n) is 3.79. The lowest BCUT2D eigenvalue weighted by molar-refractivity contribution is -0.138. The molecule has 0 saturated carbocycles. The molecule has 5 heteroatoms. The standard InChI is InChI=1S/C15H23NO4/c1-5-11-10(4)8-12(20-11)14(19)16-15(6-2,7-3)9-13(17)18/h8H,5-7,9H2,1-4H3,(H,16,19)(H,17,18). The van der Waals surface area contributed by atoms with Gasteiger partial charge in [0, 0.05) is 6.42 Å². The van der Waals surface area contributed by atoms with Crippen LogP contribution in [0.15, 0.2) is 10.5 Å². The molecule has 5 nitrogen and oxygen atoms in total. The summed E-state index contributed by atoms with van der Waals surface area (Å²) in [5.41, 5.74) is 0.213. The lowest BCUT2D eigenvalue weighted by Gasteiger charge is -2.30. The van der Waals surface area contributed by atoms with E-state index < -0.39 is 11.5 Å². The minimum absolute atomic E-state index is 0.0912. The number of aliphatic carboxylic acids is 1. The van der Waals surface area contributed by atoms with E-state index in [2.05, 4.69) is 5.32 Å². The van der Waals surface area contributed by atoms with Gasteiger partial charge in [-0.1, -0.05) is 20.8 Å². The first kappa shape index (κ1) is 16.3. The van der Waals surface area contributed by atoms with Crippen molar-refractivity contribution in [3.8, 4) is 0 Å². The molecule has 0 spiro atoms. The summed E-state index contributed by atoms with van der Waals surface area (Å²) in [7, 11) is 0. The molecule has 0 aliphatic rings. The molecule has 0 aliphatic carbocycles. The Kier molecular flexibility index (Phi) is 5.36. The van der Waals surface area contributed by atoms with Crippen molar-refractivity contribution in [2.24, 2.45) is 0 Å². The molecule has 0 saturated heterocycles. The van der Waals surface area contributed by atoms with Crippen molar-refractivity contribution in [3.63, 3.8) is 0 Å². The Hall–Kier alpha value is -1.78. The Morgan fingerprint density at radius 2 is 1.90 bits per heavy atom. The number of aryl methyl sites for hydroxylation is 2. The molecular weight excluding hydrogens is 258 g/mol. The third-order valence-corrected chi connectivity index (χ3v) is 3.79. The number of carbonyl (C=O) groups excluding carboxylic acids is 1. The molecule has 1 rings (SSSR count). The van der Waals surface area contributed by atoms with Crippen molar-refractivity contribution < 1.29 is 19.1 Å². The average Bonchev–Trinajstić information content (AvgIpc) is 2.78. The molecule has 1 heterocycles. The molecule has 1 amide bonds. The highest BCUT2D eigenvalue weighted by atomic mass is 16.4. The van der Waals surface area contributed by atoms with Crippen molar-refractivity contribution in [1.82, 2.24) is 5.32 Å². The fourth-order valence-electron chi connectivity index (χ4n) is 2.30. The molecule has 1 aromatic heterocycles. The van der Waals surface area contributed by atoms with Gasteiger partial charge in [0.2, 0.25) is 0 Å². The van der Waals surface area contributed by atoms with Crippen LogP contribution in [0.25, 0.3) is 0 Å². The first-order valence-corrected chi connectivity index (χ1v) is 7.01. The normalized spacial score (nSPS) is 11.4. The van der Waals surface area contributed by atoms with E-state index in [1.54, 1.807) is 6.07 Å². The van der Waals surface area contributed by atoms with Crippen LogP contribution in [0.5, 0.6) is 0 Å². The van der Waals surface area contributed by atoms with E-state index in [0.29, 0.717) is 12.8 Å².